The number of hydrogen-bond donors (Lipinski definition) is 9. The summed E-state index contributed by atoms with van der Waals surface area (Å²) in [6, 6.07) is -0.153. The second-order valence-corrected chi connectivity index (χ2v) is 11.8. The molecule has 2 heterocycles. The molecule has 1 fully saturated rings. The van der Waals surface area contributed by atoms with Crippen LogP contribution >= 0.6 is 0 Å². The molecule has 3 rings (SSSR count). The number of carbonyl (C=O) groups excluding carboxylic acids is 5. The molecule has 1 aromatic heterocycles. The number of amides is 5. The minimum Gasteiger partial charge on any atom is -0.481 e. The first-order chi connectivity index (χ1) is 23.1. The number of para-hydroxylation sites is 1. The lowest BCUT2D eigenvalue weighted by Gasteiger charge is -2.28. The lowest BCUT2D eigenvalue weighted by atomic mass is 10.0. The average Bonchev–Trinajstić information content (AvgIpc) is 3.69. The zero-order valence-electron chi connectivity index (χ0n) is 26.9. The molecule has 10 N–H and O–H groups in total. The van der Waals surface area contributed by atoms with Crippen molar-refractivity contribution in [2.24, 2.45) is 5.73 Å². The number of aromatic nitrogens is 1. The highest BCUT2D eigenvalue weighted by atomic mass is 16.4. The number of rotatable bonds is 17. The standard InChI is InChI=1S/C31H41N7O11/c1-15(26(43)36-21(9-10-24(39)40)28(45)37-22(31(48)49)13-25(41)42)34-29(46)23-8-5-11-38(23)30(47)16(2)35-27(44)19(32)12-17-14-33-20-7-4-3-6-18(17)20/h3-4,6-7,14-16,19,21-23,33H,5,8-13,32H2,1-2H3,(H,34,46)(H,35,44)(H,36,43)(H,37,45)(H,39,40)(H,41,42)(H,48,49)/t15-,16-,19-,21-,22-,23-/m0/s1. The maximum Gasteiger partial charge on any atom is 0.326 e. The van der Waals surface area contributed by atoms with Crippen LogP contribution in [-0.2, 0) is 44.8 Å². The summed E-state index contributed by atoms with van der Waals surface area (Å²) >= 11 is 0. The highest BCUT2D eigenvalue weighted by molar-refractivity contribution is 5.97. The first-order valence-electron chi connectivity index (χ1n) is 15.6. The van der Waals surface area contributed by atoms with Crippen LogP contribution in [0.15, 0.2) is 30.5 Å². The van der Waals surface area contributed by atoms with E-state index in [9.17, 15) is 43.5 Å². The Morgan fingerprint density at radius 3 is 2.20 bits per heavy atom. The van der Waals surface area contributed by atoms with Gasteiger partial charge in [0.1, 0.15) is 30.2 Å². The smallest absolute Gasteiger partial charge is 0.326 e. The van der Waals surface area contributed by atoms with Crippen molar-refractivity contribution in [2.45, 2.75) is 88.6 Å². The number of H-pyrrole nitrogens is 1. The number of nitrogens with zero attached hydrogens (tertiary/aromatic N) is 1. The normalized spacial score (nSPS) is 17.2. The van der Waals surface area contributed by atoms with E-state index >= 15 is 0 Å². The second-order valence-electron chi connectivity index (χ2n) is 11.8. The van der Waals surface area contributed by atoms with Crippen molar-refractivity contribution < 1.29 is 53.7 Å². The number of likely N-dealkylation sites (tertiary alicyclic amines) is 1. The summed E-state index contributed by atoms with van der Waals surface area (Å²) in [7, 11) is 0. The maximum absolute atomic E-state index is 13.3. The number of nitrogens with one attached hydrogen (secondary N) is 5. The molecule has 6 atom stereocenters. The number of nitrogens with two attached hydrogens (primary N) is 1. The Morgan fingerprint density at radius 2 is 1.55 bits per heavy atom. The summed E-state index contributed by atoms with van der Waals surface area (Å²) in [6.45, 7) is 2.95. The van der Waals surface area contributed by atoms with Crippen LogP contribution in [0.25, 0.3) is 10.9 Å². The third-order valence-corrected chi connectivity index (χ3v) is 8.04. The number of carboxylic acid groups (broad SMARTS) is 3. The molecular weight excluding hydrogens is 646 g/mol. The summed E-state index contributed by atoms with van der Waals surface area (Å²) in [5.74, 6) is -8.34. The van der Waals surface area contributed by atoms with E-state index in [0.29, 0.717) is 6.42 Å². The van der Waals surface area contributed by atoms with Gasteiger partial charge in [0.25, 0.3) is 0 Å². The number of fused-ring (bicyclic) bond motifs is 1. The highest BCUT2D eigenvalue weighted by Crippen LogP contribution is 2.20. The molecule has 2 aromatic rings. The molecule has 18 nitrogen and oxygen atoms in total. The molecule has 0 unspecified atom stereocenters. The van der Waals surface area contributed by atoms with Crippen molar-refractivity contribution in [3.63, 3.8) is 0 Å². The maximum atomic E-state index is 13.3. The van der Waals surface area contributed by atoms with E-state index in [2.05, 4.69) is 20.9 Å². The van der Waals surface area contributed by atoms with E-state index in [1.807, 2.05) is 29.6 Å². The van der Waals surface area contributed by atoms with Gasteiger partial charge in [-0.15, -0.1) is 0 Å². The van der Waals surface area contributed by atoms with Gasteiger partial charge in [-0.1, -0.05) is 18.2 Å². The average molecular weight is 688 g/mol. The molecule has 0 bridgehead atoms. The number of aromatic amines is 1. The topological polar surface area (TPSA) is 290 Å². The molecule has 1 aromatic carbocycles. The summed E-state index contributed by atoms with van der Waals surface area (Å²) in [5.41, 5.74) is 7.88. The Kier molecular flexibility index (Phi) is 13.2. The van der Waals surface area contributed by atoms with Crippen LogP contribution in [0, 0.1) is 0 Å². The Hall–Kier alpha value is -5.52. The molecule has 0 aliphatic carbocycles. The van der Waals surface area contributed by atoms with Crippen LogP contribution in [0.1, 0.15) is 51.5 Å². The fraction of sp³-hybridized carbons (Fsp3) is 0.484. The lowest BCUT2D eigenvalue weighted by molar-refractivity contribution is -0.147. The van der Waals surface area contributed by atoms with Crippen LogP contribution in [0.3, 0.4) is 0 Å². The number of aliphatic carboxylic acids is 3. The van der Waals surface area contributed by atoms with E-state index < -0.39 is 103 Å². The molecule has 266 valence electrons. The first-order valence-corrected chi connectivity index (χ1v) is 15.6. The van der Waals surface area contributed by atoms with Crippen molar-refractivity contribution in [2.75, 3.05) is 6.54 Å². The van der Waals surface area contributed by atoms with Gasteiger partial charge in [-0.05, 0) is 51.2 Å². The van der Waals surface area contributed by atoms with E-state index in [4.69, 9.17) is 15.9 Å². The van der Waals surface area contributed by atoms with Crippen LogP contribution in [0.2, 0.25) is 0 Å². The predicted octanol–water partition coefficient (Wildman–Crippen LogP) is -1.57. The molecule has 0 spiro atoms. The molecule has 1 aliphatic heterocycles. The Balaban J connectivity index is 1.58. The Bertz CT molecular complexity index is 1590. The van der Waals surface area contributed by atoms with Crippen molar-refractivity contribution in [1.82, 2.24) is 31.2 Å². The lowest BCUT2D eigenvalue weighted by Crippen LogP contribution is -2.58. The van der Waals surface area contributed by atoms with Gasteiger partial charge < -0.3 is 52.2 Å². The molecule has 5 amide bonds. The summed E-state index contributed by atoms with van der Waals surface area (Å²) in [4.78, 5) is 103. The molecule has 18 heteroatoms. The van der Waals surface area contributed by atoms with Gasteiger partial charge in [0.05, 0.1) is 12.5 Å². The zero-order chi connectivity index (χ0) is 36.4. The van der Waals surface area contributed by atoms with E-state index in [-0.39, 0.29) is 19.4 Å². The van der Waals surface area contributed by atoms with Gasteiger partial charge in [-0.25, -0.2) is 4.79 Å². The van der Waals surface area contributed by atoms with E-state index in [1.54, 1.807) is 6.20 Å². The van der Waals surface area contributed by atoms with Gasteiger partial charge in [-0.3, -0.25) is 33.6 Å². The second kappa shape index (κ2) is 17.0. The molecule has 1 aliphatic rings. The number of benzene rings is 1. The molecule has 0 saturated carbocycles. The molecule has 49 heavy (non-hydrogen) atoms. The fourth-order valence-corrected chi connectivity index (χ4v) is 5.42. The Morgan fingerprint density at radius 1 is 0.878 bits per heavy atom. The van der Waals surface area contributed by atoms with Crippen molar-refractivity contribution in [1.29, 1.82) is 0 Å². The van der Waals surface area contributed by atoms with Crippen LogP contribution in [0.5, 0.6) is 0 Å². The van der Waals surface area contributed by atoms with Gasteiger partial charge in [-0.2, -0.15) is 0 Å². The third kappa shape index (κ3) is 10.5. The number of hydrogen-bond acceptors (Lipinski definition) is 9. The SMILES string of the molecule is C[C@H](NC(=O)[C@@H]1CCCN1C(=O)[C@H](C)NC(=O)[C@@H](N)Cc1c[nH]c2ccccc12)C(=O)N[C@@H](CCC(=O)O)C(=O)N[C@@H](CC(=O)O)C(=O)O. The molecular formula is C31H41N7O11. The summed E-state index contributed by atoms with van der Waals surface area (Å²) in [5, 5.41) is 37.4. The monoisotopic (exact) mass is 687 g/mol. The summed E-state index contributed by atoms with van der Waals surface area (Å²) in [6.07, 6.45) is 0.671. The summed E-state index contributed by atoms with van der Waals surface area (Å²) < 4.78 is 0. The van der Waals surface area contributed by atoms with Gasteiger partial charge >= 0.3 is 17.9 Å². The highest BCUT2D eigenvalue weighted by Gasteiger charge is 2.38. The minimum absolute atomic E-state index is 0.206. The van der Waals surface area contributed by atoms with Crippen LogP contribution in [-0.4, -0.2) is 115 Å². The third-order valence-electron chi connectivity index (χ3n) is 8.04. The van der Waals surface area contributed by atoms with Crippen molar-refractivity contribution in [3.8, 4) is 0 Å². The zero-order valence-corrected chi connectivity index (χ0v) is 26.9. The predicted molar refractivity (Wildman–Crippen MR) is 171 cm³/mol. The minimum atomic E-state index is -1.85. The van der Waals surface area contributed by atoms with Gasteiger partial charge in [0, 0.05) is 30.1 Å². The molecule has 1 saturated heterocycles. The van der Waals surface area contributed by atoms with Crippen LogP contribution in [0.4, 0.5) is 0 Å². The van der Waals surface area contributed by atoms with Crippen LogP contribution < -0.4 is 27.0 Å². The number of carboxylic acids is 3. The largest absolute Gasteiger partial charge is 0.481 e. The number of carbonyl (C=O) groups is 8. The quantitative estimate of drug-likeness (QED) is 0.0912. The first kappa shape index (κ1) is 37.9. The van der Waals surface area contributed by atoms with Crippen molar-refractivity contribution in [3.05, 3.63) is 36.0 Å². The Labute approximate surface area is 280 Å². The van der Waals surface area contributed by atoms with E-state index in [1.165, 1.54) is 18.7 Å². The van der Waals surface area contributed by atoms with E-state index in [0.717, 1.165) is 16.5 Å². The fourth-order valence-electron chi connectivity index (χ4n) is 5.42. The molecule has 0 radical (unpaired) electrons. The van der Waals surface area contributed by atoms with Gasteiger partial charge in [0.2, 0.25) is 29.5 Å². The van der Waals surface area contributed by atoms with Gasteiger partial charge in [0.15, 0.2) is 0 Å². The van der Waals surface area contributed by atoms with Crippen molar-refractivity contribution >= 4 is 58.3 Å².